The van der Waals surface area contributed by atoms with Gasteiger partial charge in [0.1, 0.15) is 11.3 Å². The molecule has 2 N–H and O–H groups in total. The number of nitrogens with two attached hydrogens (primary N) is 1. The summed E-state index contributed by atoms with van der Waals surface area (Å²) in [6.07, 6.45) is -3.25. The van der Waals surface area contributed by atoms with E-state index in [1.165, 1.54) is 30.6 Å². The topological polar surface area (TPSA) is 78.7 Å². The number of hydrogen-bond donors (Lipinski definition) is 1. The molecule has 0 fully saturated rings. The van der Waals surface area contributed by atoms with Crippen LogP contribution in [-0.2, 0) is 13.2 Å². The van der Waals surface area contributed by atoms with Gasteiger partial charge in [0.25, 0.3) is 5.56 Å². The molecule has 3 heterocycles. The fraction of sp³-hybridized carbons (Fsp3) is 0.118. The van der Waals surface area contributed by atoms with Crippen molar-refractivity contribution in [2.45, 2.75) is 6.18 Å². The lowest BCUT2D eigenvalue weighted by molar-refractivity contribution is -0.141. The second-order valence-corrected chi connectivity index (χ2v) is 6.38. The molecule has 27 heavy (non-hydrogen) atoms. The van der Waals surface area contributed by atoms with Gasteiger partial charge < -0.3 is 10.3 Å². The molecule has 0 saturated heterocycles. The molecule has 0 aliphatic heterocycles. The van der Waals surface area contributed by atoms with Gasteiger partial charge in [-0.05, 0) is 30.3 Å². The van der Waals surface area contributed by atoms with Gasteiger partial charge in [-0.15, -0.1) is 0 Å². The Morgan fingerprint density at radius 2 is 1.93 bits per heavy atom. The Kier molecular flexibility index (Phi) is 3.67. The van der Waals surface area contributed by atoms with Crippen molar-refractivity contribution in [1.82, 2.24) is 19.1 Å². The molecular weight excluding hydrogens is 383 g/mol. The number of hydrogen-bond acceptors (Lipinski definition) is 4. The maximum absolute atomic E-state index is 13.2. The Morgan fingerprint density at radius 1 is 1.19 bits per heavy atom. The zero-order valence-corrected chi connectivity index (χ0v) is 14.5. The van der Waals surface area contributed by atoms with Gasteiger partial charge in [-0.3, -0.25) is 9.36 Å². The van der Waals surface area contributed by atoms with E-state index < -0.39 is 17.4 Å². The van der Waals surface area contributed by atoms with Crippen molar-refractivity contribution in [1.29, 1.82) is 0 Å². The van der Waals surface area contributed by atoms with Crippen molar-refractivity contribution in [2.24, 2.45) is 7.05 Å². The molecule has 0 saturated carbocycles. The van der Waals surface area contributed by atoms with E-state index in [0.717, 1.165) is 10.6 Å². The van der Waals surface area contributed by atoms with Crippen molar-refractivity contribution in [3.63, 3.8) is 0 Å². The van der Waals surface area contributed by atoms with E-state index in [2.05, 4.69) is 9.97 Å². The maximum Gasteiger partial charge on any atom is 0.433 e. The molecule has 4 aromatic rings. The zero-order valence-electron chi connectivity index (χ0n) is 13.8. The second kappa shape index (κ2) is 5.71. The lowest BCUT2D eigenvalue weighted by Gasteiger charge is -2.14. The van der Waals surface area contributed by atoms with Crippen LogP contribution in [0, 0.1) is 0 Å². The number of aromatic nitrogens is 4. The van der Waals surface area contributed by atoms with Crippen LogP contribution in [0.15, 0.2) is 41.5 Å². The van der Waals surface area contributed by atoms with Crippen molar-refractivity contribution < 1.29 is 13.2 Å². The van der Waals surface area contributed by atoms with Crippen LogP contribution in [0.25, 0.3) is 27.8 Å². The highest BCUT2D eigenvalue weighted by Gasteiger charge is 2.33. The summed E-state index contributed by atoms with van der Waals surface area (Å²) in [5, 5.41) is 0.443. The van der Waals surface area contributed by atoms with Crippen LogP contribution in [0.2, 0.25) is 5.02 Å². The quantitative estimate of drug-likeness (QED) is 0.502. The molecule has 6 nitrogen and oxygen atoms in total. The minimum atomic E-state index is -4.67. The average molecular weight is 394 g/mol. The Balaban J connectivity index is 2.24. The van der Waals surface area contributed by atoms with Crippen LogP contribution >= 0.6 is 11.6 Å². The summed E-state index contributed by atoms with van der Waals surface area (Å²) in [5.74, 6) is 0. The Bertz CT molecular complexity index is 1280. The number of aryl methyl sites for hydroxylation is 1. The molecule has 10 heteroatoms. The maximum atomic E-state index is 13.2. The SMILES string of the molecule is Cn1cnc2c(=O)n(-c3ccc(N)cc3Cl)c3nc(C(F)(F)F)ccc3c21. The zero-order chi connectivity index (χ0) is 19.5. The monoisotopic (exact) mass is 393 g/mol. The highest BCUT2D eigenvalue weighted by molar-refractivity contribution is 6.32. The fourth-order valence-corrected chi connectivity index (χ4v) is 3.27. The number of rotatable bonds is 1. The summed E-state index contributed by atoms with van der Waals surface area (Å²) >= 11 is 6.21. The standard InChI is InChI=1S/C17H11ClF3N5O/c1-25-7-23-13-14(25)9-3-5-12(17(19,20)21)24-15(9)26(16(13)27)11-4-2-8(22)6-10(11)18/h2-7H,22H2,1H3. The first kappa shape index (κ1) is 17.3. The number of alkyl halides is 3. The van der Waals surface area contributed by atoms with Crippen LogP contribution in [0.3, 0.4) is 0 Å². The van der Waals surface area contributed by atoms with Crippen molar-refractivity contribution in [3.05, 3.63) is 57.7 Å². The minimum Gasteiger partial charge on any atom is -0.399 e. The molecule has 4 rings (SSSR count). The molecule has 0 amide bonds. The van der Waals surface area contributed by atoms with E-state index in [9.17, 15) is 18.0 Å². The summed E-state index contributed by atoms with van der Waals surface area (Å²) in [7, 11) is 1.65. The molecule has 0 spiro atoms. The third kappa shape index (κ3) is 2.62. The summed E-state index contributed by atoms with van der Waals surface area (Å²) < 4.78 is 42.2. The van der Waals surface area contributed by atoms with Gasteiger partial charge in [0.15, 0.2) is 5.52 Å². The number of anilines is 1. The normalized spacial score (nSPS) is 12.2. The van der Waals surface area contributed by atoms with Gasteiger partial charge in [0.2, 0.25) is 0 Å². The second-order valence-electron chi connectivity index (χ2n) is 5.97. The summed E-state index contributed by atoms with van der Waals surface area (Å²) in [6.45, 7) is 0. The number of pyridine rings is 2. The lowest BCUT2D eigenvalue weighted by Crippen LogP contribution is -2.22. The highest BCUT2D eigenvalue weighted by Crippen LogP contribution is 2.32. The van der Waals surface area contributed by atoms with Gasteiger partial charge in [0.05, 0.1) is 22.6 Å². The van der Waals surface area contributed by atoms with Gasteiger partial charge >= 0.3 is 6.18 Å². The first-order valence-electron chi connectivity index (χ1n) is 7.68. The fourth-order valence-electron chi connectivity index (χ4n) is 3.00. The lowest BCUT2D eigenvalue weighted by atomic mass is 10.2. The summed E-state index contributed by atoms with van der Waals surface area (Å²) in [6, 6.07) is 6.50. The largest absolute Gasteiger partial charge is 0.433 e. The first-order valence-corrected chi connectivity index (χ1v) is 8.05. The molecule has 1 aromatic carbocycles. The van der Waals surface area contributed by atoms with E-state index >= 15 is 0 Å². The average Bonchev–Trinajstić information content (AvgIpc) is 2.98. The van der Waals surface area contributed by atoms with Crippen LogP contribution in [0.4, 0.5) is 18.9 Å². The predicted molar refractivity (Wildman–Crippen MR) is 96.0 cm³/mol. The van der Waals surface area contributed by atoms with Crippen LogP contribution < -0.4 is 11.3 Å². The smallest absolute Gasteiger partial charge is 0.399 e. The molecule has 0 unspecified atom stereocenters. The predicted octanol–water partition coefficient (Wildman–Crippen LogP) is 3.53. The number of benzene rings is 1. The highest BCUT2D eigenvalue weighted by atomic mass is 35.5. The van der Waals surface area contributed by atoms with E-state index in [0.29, 0.717) is 16.6 Å². The van der Waals surface area contributed by atoms with Gasteiger partial charge in [-0.1, -0.05) is 11.6 Å². The Labute approximate surface area is 154 Å². The van der Waals surface area contributed by atoms with Crippen molar-refractivity contribution in [3.8, 4) is 5.69 Å². The molecule has 0 atom stereocenters. The van der Waals surface area contributed by atoms with Crippen molar-refractivity contribution >= 4 is 39.4 Å². The first-order chi connectivity index (χ1) is 12.7. The van der Waals surface area contributed by atoms with Gasteiger partial charge in [-0.2, -0.15) is 13.2 Å². The molecule has 3 aromatic heterocycles. The van der Waals surface area contributed by atoms with E-state index in [4.69, 9.17) is 17.3 Å². The third-order valence-corrected chi connectivity index (χ3v) is 4.49. The van der Waals surface area contributed by atoms with Crippen LogP contribution in [0.1, 0.15) is 5.69 Å². The molecule has 0 aliphatic rings. The molecule has 0 radical (unpaired) electrons. The minimum absolute atomic E-state index is 0.0967. The number of nitrogen functional groups attached to an aromatic ring is 1. The number of nitrogens with zero attached hydrogens (tertiary/aromatic N) is 4. The number of fused-ring (bicyclic) bond motifs is 3. The van der Waals surface area contributed by atoms with Crippen LogP contribution in [-0.4, -0.2) is 19.1 Å². The van der Waals surface area contributed by atoms with Crippen LogP contribution in [0.5, 0.6) is 0 Å². The summed E-state index contributed by atoms with van der Waals surface area (Å²) in [4.78, 5) is 20.8. The van der Waals surface area contributed by atoms with Crippen molar-refractivity contribution in [2.75, 3.05) is 5.73 Å². The summed E-state index contributed by atoms with van der Waals surface area (Å²) in [5.41, 5.74) is 4.77. The Hall–Kier alpha value is -3.07. The Morgan fingerprint density at radius 3 is 2.59 bits per heavy atom. The number of imidazole rings is 1. The number of halogens is 4. The van der Waals surface area contributed by atoms with E-state index in [1.807, 2.05) is 0 Å². The van der Waals surface area contributed by atoms with E-state index in [-0.39, 0.29) is 21.9 Å². The molecule has 0 bridgehead atoms. The van der Waals surface area contributed by atoms with E-state index in [1.54, 1.807) is 11.6 Å². The van der Waals surface area contributed by atoms with Gasteiger partial charge in [-0.25, -0.2) is 9.97 Å². The molecule has 0 aliphatic carbocycles. The molecular formula is C17H11ClF3N5O. The third-order valence-electron chi connectivity index (χ3n) is 4.19. The van der Waals surface area contributed by atoms with Gasteiger partial charge in [0, 0.05) is 18.1 Å². The molecule has 138 valence electrons.